The lowest BCUT2D eigenvalue weighted by Crippen LogP contribution is -2.45. The molecule has 0 saturated heterocycles. The van der Waals surface area contributed by atoms with Crippen molar-refractivity contribution in [2.75, 3.05) is 0 Å². The van der Waals surface area contributed by atoms with Gasteiger partial charge in [0.1, 0.15) is 10.7 Å². The molecule has 0 saturated carbocycles. The molecular formula is C13H20BrFN2O2S. The number of rotatable bonds is 6. The highest BCUT2D eigenvalue weighted by atomic mass is 79.9. The van der Waals surface area contributed by atoms with Crippen LogP contribution < -0.4 is 10.5 Å². The van der Waals surface area contributed by atoms with Crippen molar-refractivity contribution >= 4 is 26.0 Å². The van der Waals surface area contributed by atoms with Crippen LogP contribution in [0.3, 0.4) is 0 Å². The Morgan fingerprint density at radius 2 is 1.90 bits per heavy atom. The monoisotopic (exact) mass is 366 g/mol. The van der Waals surface area contributed by atoms with E-state index in [1.54, 1.807) is 6.92 Å². The van der Waals surface area contributed by atoms with Gasteiger partial charge in [-0.1, -0.05) is 29.8 Å². The van der Waals surface area contributed by atoms with E-state index in [1.165, 1.54) is 12.1 Å². The minimum absolute atomic E-state index is 0.0629. The van der Waals surface area contributed by atoms with Crippen LogP contribution in [0.2, 0.25) is 0 Å². The topological polar surface area (TPSA) is 72.2 Å². The summed E-state index contributed by atoms with van der Waals surface area (Å²) in [5, 5.41) is 0. The normalized spacial score (nSPS) is 12.7. The zero-order valence-electron chi connectivity index (χ0n) is 11.8. The highest BCUT2D eigenvalue weighted by Gasteiger charge is 2.30. The van der Waals surface area contributed by atoms with Crippen LogP contribution in [0.25, 0.3) is 0 Å². The number of halogens is 2. The van der Waals surface area contributed by atoms with Crippen LogP contribution in [-0.4, -0.2) is 14.0 Å². The van der Waals surface area contributed by atoms with Crippen LogP contribution in [-0.2, 0) is 16.6 Å². The summed E-state index contributed by atoms with van der Waals surface area (Å²) < 4.78 is 42.1. The lowest BCUT2D eigenvalue weighted by molar-refractivity contribution is 0.387. The molecule has 0 amide bonds. The van der Waals surface area contributed by atoms with Gasteiger partial charge in [0, 0.05) is 22.1 Å². The molecule has 0 aliphatic rings. The Kier molecular flexibility index (Phi) is 5.71. The van der Waals surface area contributed by atoms with Crippen molar-refractivity contribution in [1.82, 2.24) is 4.72 Å². The average Bonchev–Trinajstić information content (AvgIpc) is 2.40. The molecule has 4 nitrogen and oxygen atoms in total. The van der Waals surface area contributed by atoms with Crippen LogP contribution >= 0.6 is 15.9 Å². The Morgan fingerprint density at radius 3 is 2.35 bits per heavy atom. The van der Waals surface area contributed by atoms with E-state index in [4.69, 9.17) is 5.73 Å². The smallest absolute Gasteiger partial charge is 0.244 e. The summed E-state index contributed by atoms with van der Waals surface area (Å²) in [7, 11) is -3.94. The molecule has 0 fully saturated rings. The van der Waals surface area contributed by atoms with Crippen LogP contribution in [0.5, 0.6) is 0 Å². The third kappa shape index (κ3) is 3.78. The van der Waals surface area contributed by atoms with Crippen molar-refractivity contribution in [3.8, 4) is 0 Å². The highest BCUT2D eigenvalue weighted by Crippen LogP contribution is 2.26. The van der Waals surface area contributed by atoms with Crippen molar-refractivity contribution in [3.05, 3.63) is 28.0 Å². The summed E-state index contributed by atoms with van der Waals surface area (Å²) in [4.78, 5) is -0.375. The van der Waals surface area contributed by atoms with Crippen LogP contribution in [0, 0.1) is 5.82 Å². The molecule has 0 aromatic heterocycles. The Balaban J connectivity index is 3.33. The van der Waals surface area contributed by atoms with Gasteiger partial charge in [0.15, 0.2) is 0 Å². The molecule has 0 unspecified atom stereocenters. The summed E-state index contributed by atoms with van der Waals surface area (Å²) in [6, 6.07) is 2.73. The van der Waals surface area contributed by atoms with Gasteiger partial charge in [-0.3, -0.25) is 0 Å². The van der Waals surface area contributed by atoms with E-state index in [-0.39, 0.29) is 17.0 Å². The zero-order chi connectivity index (χ0) is 15.6. The van der Waals surface area contributed by atoms with Crippen LogP contribution in [0.1, 0.15) is 39.2 Å². The quantitative estimate of drug-likeness (QED) is 0.812. The molecule has 7 heteroatoms. The van der Waals surface area contributed by atoms with Gasteiger partial charge in [0.2, 0.25) is 10.0 Å². The highest BCUT2D eigenvalue weighted by molar-refractivity contribution is 9.10. The van der Waals surface area contributed by atoms with Crippen LogP contribution in [0.4, 0.5) is 4.39 Å². The van der Waals surface area contributed by atoms with E-state index in [2.05, 4.69) is 20.7 Å². The van der Waals surface area contributed by atoms with Gasteiger partial charge in [0.05, 0.1) is 0 Å². The molecule has 0 heterocycles. The predicted octanol–water partition coefficient (Wildman–Crippen LogP) is 2.90. The van der Waals surface area contributed by atoms with E-state index in [9.17, 15) is 12.8 Å². The second kappa shape index (κ2) is 6.51. The van der Waals surface area contributed by atoms with Gasteiger partial charge < -0.3 is 5.73 Å². The second-order valence-corrected chi connectivity index (χ2v) is 7.52. The molecule has 1 aromatic rings. The lowest BCUT2D eigenvalue weighted by atomic mass is 9.98. The summed E-state index contributed by atoms with van der Waals surface area (Å²) in [5.74, 6) is -0.794. The standard InChI is InChI=1S/C13H20BrFN2O2S/c1-4-13(3,5-2)17-20(18,19)11-7-10(14)6-9(8-16)12(11)15/h6-7,17H,4-5,8,16H2,1-3H3. The van der Waals surface area contributed by atoms with Gasteiger partial charge in [0.25, 0.3) is 0 Å². The number of sulfonamides is 1. The molecule has 0 atom stereocenters. The Bertz CT molecular complexity index is 586. The van der Waals surface area contributed by atoms with Crippen LogP contribution in [0.15, 0.2) is 21.5 Å². The van der Waals surface area contributed by atoms with Crippen molar-refractivity contribution < 1.29 is 12.8 Å². The molecule has 0 aliphatic carbocycles. The summed E-state index contributed by atoms with van der Waals surface area (Å²) in [5.41, 5.74) is 5.00. The maximum Gasteiger partial charge on any atom is 0.244 e. The number of hydrogen-bond acceptors (Lipinski definition) is 3. The predicted molar refractivity (Wildman–Crippen MR) is 81.3 cm³/mol. The van der Waals surface area contributed by atoms with Gasteiger partial charge in [-0.25, -0.2) is 17.5 Å². The largest absolute Gasteiger partial charge is 0.326 e. The average molecular weight is 367 g/mol. The first kappa shape index (κ1) is 17.6. The first-order valence-corrected chi connectivity index (χ1v) is 8.68. The first-order chi connectivity index (χ1) is 9.19. The second-order valence-electron chi connectivity index (χ2n) is 4.95. The molecular weight excluding hydrogens is 347 g/mol. The lowest BCUT2D eigenvalue weighted by Gasteiger charge is -2.28. The summed E-state index contributed by atoms with van der Waals surface area (Å²) in [6.45, 7) is 5.50. The number of hydrogen-bond donors (Lipinski definition) is 2. The van der Waals surface area contributed by atoms with E-state index in [0.717, 1.165) is 0 Å². The molecule has 0 aliphatic heterocycles. The van der Waals surface area contributed by atoms with Gasteiger partial charge in [-0.2, -0.15) is 0 Å². The Hall–Kier alpha value is -0.500. The first-order valence-electron chi connectivity index (χ1n) is 6.41. The molecule has 20 heavy (non-hydrogen) atoms. The zero-order valence-corrected chi connectivity index (χ0v) is 14.2. The molecule has 1 rings (SSSR count). The SMILES string of the molecule is CCC(C)(CC)NS(=O)(=O)c1cc(Br)cc(CN)c1F. The molecule has 3 N–H and O–H groups in total. The Labute approximate surface area is 128 Å². The van der Waals surface area contributed by atoms with E-state index >= 15 is 0 Å². The maximum absolute atomic E-state index is 14.2. The minimum atomic E-state index is -3.94. The maximum atomic E-state index is 14.2. The van der Waals surface area contributed by atoms with Gasteiger partial charge >= 0.3 is 0 Å². The fourth-order valence-electron chi connectivity index (χ4n) is 1.74. The minimum Gasteiger partial charge on any atom is -0.326 e. The third-order valence-electron chi connectivity index (χ3n) is 3.53. The fraction of sp³-hybridized carbons (Fsp3) is 0.538. The molecule has 0 bridgehead atoms. The molecule has 0 spiro atoms. The van der Waals surface area contributed by atoms with Gasteiger partial charge in [-0.05, 0) is 31.9 Å². The van der Waals surface area contributed by atoms with Crippen molar-refractivity contribution in [2.24, 2.45) is 5.73 Å². The van der Waals surface area contributed by atoms with Crippen molar-refractivity contribution in [2.45, 2.75) is 50.6 Å². The fourth-order valence-corrected chi connectivity index (χ4v) is 4.09. The number of benzene rings is 1. The van der Waals surface area contributed by atoms with E-state index in [1.807, 2.05) is 13.8 Å². The molecule has 114 valence electrons. The third-order valence-corrected chi connectivity index (χ3v) is 5.63. The Morgan fingerprint density at radius 1 is 1.35 bits per heavy atom. The van der Waals surface area contributed by atoms with Crippen molar-refractivity contribution in [3.63, 3.8) is 0 Å². The molecule has 1 aromatic carbocycles. The van der Waals surface area contributed by atoms with Gasteiger partial charge in [-0.15, -0.1) is 0 Å². The summed E-state index contributed by atoms with van der Waals surface area (Å²) in [6.07, 6.45) is 1.23. The molecule has 0 radical (unpaired) electrons. The summed E-state index contributed by atoms with van der Waals surface area (Å²) >= 11 is 3.18. The number of nitrogens with one attached hydrogen (secondary N) is 1. The van der Waals surface area contributed by atoms with E-state index in [0.29, 0.717) is 17.3 Å². The number of nitrogens with two attached hydrogens (primary N) is 1. The van der Waals surface area contributed by atoms with Crippen molar-refractivity contribution in [1.29, 1.82) is 0 Å². The van der Waals surface area contributed by atoms with E-state index < -0.39 is 21.4 Å².